The van der Waals surface area contributed by atoms with Crippen molar-refractivity contribution < 1.29 is 4.79 Å². The summed E-state index contributed by atoms with van der Waals surface area (Å²) in [6.45, 7) is 3.73. The Labute approximate surface area is 78.5 Å². The Bertz CT molecular complexity index is 203. The summed E-state index contributed by atoms with van der Waals surface area (Å²) in [5.41, 5.74) is 5.33. The van der Waals surface area contributed by atoms with Crippen LogP contribution in [0.15, 0.2) is 0 Å². The molecule has 2 rings (SSSR count). The molecule has 2 aliphatic rings. The Kier molecular flexibility index (Phi) is 2.51. The summed E-state index contributed by atoms with van der Waals surface area (Å²) in [4.78, 5) is 13.3. The maximum Gasteiger partial charge on any atom is 0.236 e. The first-order chi connectivity index (χ1) is 6.27. The van der Waals surface area contributed by atoms with Gasteiger partial charge in [-0.05, 0) is 18.8 Å². The average molecular weight is 183 g/mol. The number of nitrogens with zero attached hydrogens (tertiary/aromatic N) is 1. The number of hydrogen-bond donors (Lipinski definition) is 2. The predicted octanol–water partition coefficient (Wildman–Crippen LogP) is -0.844. The average Bonchev–Trinajstić information content (AvgIpc) is 2.89. The van der Waals surface area contributed by atoms with E-state index in [4.69, 9.17) is 5.73 Å². The van der Waals surface area contributed by atoms with Crippen molar-refractivity contribution in [3.8, 4) is 0 Å². The molecule has 4 heteroatoms. The van der Waals surface area contributed by atoms with E-state index in [0.29, 0.717) is 0 Å². The molecule has 4 nitrogen and oxygen atoms in total. The smallest absolute Gasteiger partial charge is 0.236 e. The van der Waals surface area contributed by atoms with Crippen LogP contribution in [-0.4, -0.2) is 43.0 Å². The first-order valence-corrected chi connectivity index (χ1v) is 5.01. The Morgan fingerprint density at radius 3 is 2.92 bits per heavy atom. The van der Waals surface area contributed by atoms with Crippen LogP contribution in [0.3, 0.4) is 0 Å². The van der Waals surface area contributed by atoms with Gasteiger partial charge in [0.15, 0.2) is 0 Å². The molecule has 1 aliphatic carbocycles. The Hall–Kier alpha value is -0.610. The molecule has 1 amide bonds. The summed E-state index contributed by atoms with van der Waals surface area (Å²) in [7, 11) is 0. The third-order valence-electron chi connectivity index (χ3n) is 2.87. The minimum Gasteiger partial charge on any atom is -0.368 e. The van der Waals surface area contributed by atoms with Gasteiger partial charge in [0.1, 0.15) is 6.04 Å². The second-order valence-electron chi connectivity index (χ2n) is 4.06. The topological polar surface area (TPSA) is 58.4 Å². The Morgan fingerprint density at radius 1 is 1.54 bits per heavy atom. The molecule has 1 aliphatic heterocycles. The third-order valence-corrected chi connectivity index (χ3v) is 2.87. The highest BCUT2D eigenvalue weighted by molar-refractivity contribution is 5.80. The fraction of sp³-hybridized carbons (Fsp3) is 0.889. The number of nitrogens with one attached hydrogen (secondary N) is 1. The van der Waals surface area contributed by atoms with Gasteiger partial charge >= 0.3 is 0 Å². The maximum atomic E-state index is 11.1. The van der Waals surface area contributed by atoms with Gasteiger partial charge in [0.2, 0.25) is 5.91 Å². The van der Waals surface area contributed by atoms with E-state index in [-0.39, 0.29) is 11.9 Å². The second kappa shape index (κ2) is 3.64. The molecule has 1 saturated carbocycles. The largest absolute Gasteiger partial charge is 0.368 e. The summed E-state index contributed by atoms with van der Waals surface area (Å²) in [5.74, 6) is 0.646. The molecule has 1 heterocycles. The quantitative estimate of drug-likeness (QED) is 0.599. The van der Waals surface area contributed by atoms with E-state index in [9.17, 15) is 4.79 Å². The molecule has 74 valence electrons. The minimum absolute atomic E-state index is 0.0747. The van der Waals surface area contributed by atoms with Crippen molar-refractivity contribution >= 4 is 5.91 Å². The van der Waals surface area contributed by atoms with E-state index >= 15 is 0 Å². The first kappa shape index (κ1) is 8.97. The third kappa shape index (κ3) is 2.19. The van der Waals surface area contributed by atoms with Crippen LogP contribution in [0, 0.1) is 5.92 Å². The van der Waals surface area contributed by atoms with Gasteiger partial charge in [-0.2, -0.15) is 0 Å². The normalized spacial score (nSPS) is 30.3. The highest BCUT2D eigenvalue weighted by Gasteiger charge is 2.31. The van der Waals surface area contributed by atoms with Crippen molar-refractivity contribution in [1.82, 2.24) is 10.2 Å². The predicted molar refractivity (Wildman–Crippen MR) is 50.1 cm³/mol. The molecule has 13 heavy (non-hydrogen) atoms. The molecule has 0 spiro atoms. The van der Waals surface area contributed by atoms with Crippen molar-refractivity contribution in [2.75, 3.05) is 26.2 Å². The highest BCUT2D eigenvalue weighted by atomic mass is 16.1. The van der Waals surface area contributed by atoms with Gasteiger partial charge in [0.05, 0.1) is 0 Å². The molecule has 2 fully saturated rings. The number of nitrogens with two attached hydrogens (primary N) is 1. The number of piperazine rings is 1. The molecule has 0 aromatic heterocycles. The lowest BCUT2D eigenvalue weighted by atomic mass is 10.1. The van der Waals surface area contributed by atoms with Crippen molar-refractivity contribution in [1.29, 1.82) is 0 Å². The molecule has 3 N–H and O–H groups in total. The zero-order valence-electron chi connectivity index (χ0n) is 7.83. The van der Waals surface area contributed by atoms with E-state index in [0.717, 1.165) is 32.1 Å². The number of hydrogen-bond acceptors (Lipinski definition) is 3. The molecule has 1 saturated heterocycles. The zero-order chi connectivity index (χ0) is 9.26. The lowest BCUT2D eigenvalue weighted by Gasteiger charge is -2.34. The van der Waals surface area contributed by atoms with Crippen LogP contribution in [0.25, 0.3) is 0 Å². The SMILES string of the molecule is NC(=O)C1CNCCN1CC1CC1. The maximum absolute atomic E-state index is 11.1. The van der Waals surface area contributed by atoms with Crippen LogP contribution < -0.4 is 11.1 Å². The van der Waals surface area contributed by atoms with E-state index in [2.05, 4.69) is 10.2 Å². The molecule has 1 atom stereocenters. The molecule has 0 aromatic rings. The van der Waals surface area contributed by atoms with Gasteiger partial charge in [-0.15, -0.1) is 0 Å². The van der Waals surface area contributed by atoms with E-state index in [1.165, 1.54) is 12.8 Å². The molecule has 0 radical (unpaired) electrons. The lowest BCUT2D eigenvalue weighted by molar-refractivity contribution is -0.123. The van der Waals surface area contributed by atoms with Crippen LogP contribution >= 0.6 is 0 Å². The van der Waals surface area contributed by atoms with Crippen LogP contribution in [0.2, 0.25) is 0 Å². The zero-order valence-corrected chi connectivity index (χ0v) is 7.83. The number of amides is 1. The van der Waals surface area contributed by atoms with Crippen LogP contribution in [0.1, 0.15) is 12.8 Å². The van der Waals surface area contributed by atoms with E-state index in [1.54, 1.807) is 0 Å². The number of carbonyl (C=O) groups excluding carboxylic acids is 1. The van der Waals surface area contributed by atoms with E-state index in [1.807, 2.05) is 0 Å². The number of carbonyl (C=O) groups is 1. The summed E-state index contributed by atoms with van der Waals surface area (Å²) >= 11 is 0. The van der Waals surface area contributed by atoms with Crippen LogP contribution in [-0.2, 0) is 4.79 Å². The van der Waals surface area contributed by atoms with Crippen LogP contribution in [0.4, 0.5) is 0 Å². The standard InChI is InChI=1S/C9H17N3O/c10-9(13)8-5-11-3-4-12(8)6-7-1-2-7/h7-8,11H,1-6H2,(H2,10,13). The lowest BCUT2D eigenvalue weighted by Crippen LogP contribution is -2.57. The van der Waals surface area contributed by atoms with Crippen molar-refractivity contribution in [3.63, 3.8) is 0 Å². The Balaban J connectivity index is 1.90. The second-order valence-corrected chi connectivity index (χ2v) is 4.06. The van der Waals surface area contributed by atoms with Gasteiger partial charge in [0.25, 0.3) is 0 Å². The summed E-state index contributed by atoms with van der Waals surface area (Å²) in [5, 5.41) is 3.20. The molecular weight excluding hydrogens is 166 g/mol. The van der Waals surface area contributed by atoms with Gasteiger partial charge in [-0.25, -0.2) is 0 Å². The first-order valence-electron chi connectivity index (χ1n) is 5.01. The molecule has 0 aromatic carbocycles. The molecular formula is C9H17N3O. The Morgan fingerprint density at radius 2 is 2.31 bits per heavy atom. The van der Waals surface area contributed by atoms with Crippen LogP contribution in [0.5, 0.6) is 0 Å². The van der Waals surface area contributed by atoms with Crippen molar-refractivity contribution in [2.45, 2.75) is 18.9 Å². The van der Waals surface area contributed by atoms with Crippen molar-refractivity contribution in [2.24, 2.45) is 11.7 Å². The fourth-order valence-electron chi connectivity index (χ4n) is 1.88. The monoisotopic (exact) mass is 183 g/mol. The van der Waals surface area contributed by atoms with Gasteiger partial charge < -0.3 is 11.1 Å². The van der Waals surface area contributed by atoms with Gasteiger partial charge in [-0.1, -0.05) is 0 Å². The van der Waals surface area contributed by atoms with Gasteiger partial charge in [0, 0.05) is 26.2 Å². The number of rotatable bonds is 3. The molecule has 0 bridgehead atoms. The summed E-state index contributed by atoms with van der Waals surface area (Å²) in [6, 6.07) is -0.0747. The summed E-state index contributed by atoms with van der Waals surface area (Å²) in [6.07, 6.45) is 2.66. The fourth-order valence-corrected chi connectivity index (χ4v) is 1.88. The number of primary amides is 1. The highest BCUT2D eigenvalue weighted by Crippen LogP contribution is 2.30. The molecule has 1 unspecified atom stereocenters. The van der Waals surface area contributed by atoms with Crippen molar-refractivity contribution in [3.05, 3.63) is 0 Å². The van der Waals surface area contributed by atoms with E-state index < -0.39 is 0 Å². The minimum atomic E-state index is -0.187. The summed E-state index contributed by atoms with van der Waals surface area (Å²) < 4.78 is 0. The van der Waals surface area contributed by atoms with Gasteiger partial charge in [-0.3, -0.25) is 9.69 Å².